The van der Waals surface area contributed by atoms with Crippen molar-refractivity contribution in [2.75, 3.05) is 60.1 Å². The number of anilines is 5. The van der Waals surface area contributed by atoms with Gasteiger partial charge in [0.15, 0.2) is 5.82 Å². The van der Waals surface area contributed by atoms with Gasteiger partial charge in [-0.3, -0.25) is 4.98 Å². The summed E-state index contributed by atoms with van der Waals surface area (Å²) >= 11 is 0. The number of likely N-dealkylation sites (tertiary alicyclic amines) is 1. The lowest BCUT2D eigenvalue weighted by Gasteiger charge is -2.42. The van der Waals surface area contributed by atoms with E-state index in [9.17, 15) is 0 Å². The molecule has 10 nitrogen and oxygen atoms in total. The molecule has 2 bridgehead atoms. The fraction of sp³-hybridized carbons (Fsp3) is 0.438. The van der Waals surface area contributed by atoms with E-state index in [1.807, 2.05) is 30.5 Å². The summed E-state index contributed by atoms with van der Waals surface area (Å²) in [7, 11) is 0. The number of nitrogens with zero attached hydrogens (tertiary/aromatic N) is 8. The Bertz CT molecular complexity index is 1620. The molecule has 1 aromatic carbocycles. The third kappa shape index (κ3) is 4.85. The third-order valence-electron chi connectivity index (χ3n) is 9.69. The minimum Gasteiger partial charge on any atom is -0.370 e. The highest BCUT2D eigenvalue weighted by molar-refractivity contribution is 5.83. The van der Waals surface area contributed by atoms with E-state index < -0.39 is 0 Å². The van der Waals surface area contributed by atoms with Crippen LogP contribution < -0.4 is 20.9 Å². The summed E-state index contributed by atoms with van der Waals surface area (Å²) in [6.07, 6.45) is 10.6. The van der Waals surface area contributed by atoms with Gasteiger partial charge in [-0.15, -0.1) is 5.10 Å². The maximum atomic E-state index is 15.3. The summed E-state index contributed by atoms with van der Waals surface area (Å²) in [4.78, 5) is 21.1. The summed E-state index contributed by atoms with van der Waals surface area (Å²) in [6, 6.07) is 11.9. The lowest BCUT2D eigenvalue weighted by molar-refractivity contribution is 0.207. The number of aromatic nitrogens is 5. The number of rotatable bonds is 6. The van der Waals surface area contributed by atoms with Crippen molar-refractivity contribution >= 4 is 29.0 Å². The molecule has 0 spiro atoms. The van der Waals surface area contributed by atoms with Crippen molar-refractivity contribution in [1.29, 1.82) is 0 Å². The maximum absolute atomic E-state index is 15.3. The molecule has 0 aliphatic carbocycles. The molecule has 43 heavy (non-hydrogen) atoms. The molecule has 9 rings (SSSR count). The first-order valence-corrected chi connectivity index (χ1v) is 15.6. The second kappa shape index (κ2) is 10.8. The summed E-state index contributed by atoms with van der Waals surface area (Å²) in [5.41, 5.74) is 12.0. The molecule has 222 valence electrons. The average molecular weight is 581 g/mol. The molecule has 11 heteroatoms. The summed E-state index contributed by atoms with van der Waals surface area (Å²) < 4.78 is 16.9. The number of nitrogens with one attached hydrogen (secondary N) is 1. The van der Waals surface area contributed by atoms with Gasteiger partial charge in [0.25, 0.3) is 0 Å². The van der Waals surface area contributed by atoms with Gasteiger partial charge in [-0.05, 0) is 81.9 Å². The van der Waals surface area contributed by atoms with Gasteiger partial charge in [-0.2, -0.15) is 9.67 Å². The SMILES string of the molecule is Nc1nc(Nc2ccc(N3CCC(N4CCCC4)CC3)c(F)c2)nn1-c1cc(-c2cccnc2)c2c(n1)C1CCN2CC1. The van der Waals surface area contributed by atoms with E-state index in [-0.39, 0.29) is 11.8 Å². The van der Waals surface area contributed by atoms with Crippen molar-refractivity contribution in [3.05, 3.63) is 60.3 Å². The smallest absolute Gasteiger partial charge is 0.248 e. The number of hydrogen-bond acceptors (Lipinski definition) is 9. The minimum atomic E-state index is -0.250. The molecule has 4 aromatic rings. The van der Waals surface area contributed by atoms with Crippen molar-refractivity contribution in [3.63, 3.8) is 0 Å². The van der Waals surface area contributed by atoms with Gasteiger partial charge in [0.05, 0.1) is 17.1 Å². The van der Waals surface area contributed by atoms with Crippen molar-refractivity contribution < 1.29 is 4.39 Å². The lowest BCUT2D eigenvalue weighted by atomic mass is 9.84. The molecular weight excluding hydrogens is 543 g/mol. The van der Waals surface area contributed by atoms with Crippen LogP contribution in [-0.2, 0) is 0 Å². The zero-order valence-corrected chi connectivity index (χ0v) is 24.3. The van der Waals surface area contributed by atoms with Gasteiger partial charge in [-0.1, -0.05) is 6.07 Å². The highest BCUT2D eigenvalue weighted by atomic mass is 19.1. The van der Waals surface area contributed by atoms with Crippen LogP contribution in [-0.4, -0.2) is 74.9 Å². The van der Waals surface area contributed by atoms with Crippen LogP contribution in [0, 0.1) is 5.82 Å². The van der Waals surface area contributed by atoms with E-state index in [4.69, 9.17) is 10.7 Å². The first-order chi connectivity index (χ1) is 21.1. The van der Waals surface area contributed by atoms with Crippen LogP contribution in [0.4, 0.5) is 33.3 Å². The number of piperidine rings is 2. The van der Waals surface area contributed by atoms with Gasteiger partial charge in [0.1, 0.15) is 5.82 Å². The largest absolute Gasteiger partial charge is 0.370 e. The molecule has 0 amide bonds. The van der Waals surface area contributed by atoms with Crippen molar-refractivity contribution in [3.8, 4) is 16.9 Å². The first-order valence-electron chi connectivity index (χ1n) is 15.6. The Balaban J connectivity index is 1.03. The summed E-state index contributed by atoms with van der Waals surface area (Å²) in [6.45, 7) is 6.25. The molecule has 3 aromatic heterocycles. The maximum Gasteiger partial charge on any atom is 0.248 e. The van der Waals surface area contributed by atoms with Gasteiger partial charge in [-0.25, -0.2) is 9.37 Å². The second-order valence-electron chi connectivity index (χ2n) is 12.2. The van der Waals surface area contributed by atoms with Gasteiger partial charge in [0.2, 0.25) is 11.9 Å². The molecule has 0 unspecified atom stereocenters. The number of nitrogens with two attached hydrogens (primary N) is 1. The Morgan fingerprint density at radius 3 is 2.42 bits per heavy atom. The standard InChI is InChI=1S/C32H37FN10/c33-26-18-23(5-6-27(26)41-16-9-24(10-17-41)40-12-1-2-13-40)36-32-38-31(34)43(39-32)28-19-25(22-4-3-11-35-20-22)30-29(37-28)21-7-14-42(30)15-8-21/h3-6,11,18-21,24H,1-2,7-10,12-17H2,(H3,34,36,38,39). The number of pyridine rings is 2. The second-order valence-corrected chi connectivity index (χ2v) is 12.2. The monoisotopic (exact) mass is 580 g/mol. The highest BCUT2D eigenvalue weighted by Crippen LogP contribution is 2.46. The van der Waals surface area contributed by atoms with Crippen molar-refractivity contribution in [1.82, 2.24) is 29.6 Å². The number of nitrogen functional groups attached to an aromatic ring is 1. The normalized spacial score (nSPS) is 19.3. The third-order valence-corrected chi connectivity index (χ3v) is 9.69. The number of benzene rings is 1. The Hall–Kier alpha value is -4.25. The number of halogens is 1. The Morgan fingerprint density at radius 2 is 1.67 bits per heavy atom. The number of hydrogen-bond donors (Lipinski definition) is 2. The van der Waals surface area contributed by atoms with Crippen molar-refractivity contribution in [2.45, 2.75) is 50.5 Å². The van der Waals surface area contributed by atoms with Crippen LogP contribution in [0.3, 0.4) is 0 Å². The molecule has 3 fully saturated rings. The minimum absolute atomic E-state index is 0.214. The summed E-state index contributed by atoms with van der Waals surface area (Å²) in [5, 5.41) is 7.80. The van der Waals surface area contributed by atoms with E-state index in [1.54, 1.807) is 10.9 Å². The van der Waals surface area contributed by atoms with Crippen LogP contribution in [0.15, 0.2) is 48.8 Å². The van der Waals surface area contributed by atoms with Crippen LogP contribution in [0.25, 0.3) is 16.9 Å². The number of fused-ring (bicyclic) bond motifs is 2. The quantitative estimate of drug-likeness (QED) is 0.328. The molecule has 5 aliphatic rings. The molecule has 5 aliphatic heterocycles. The van der Waals surface area contributed by atoms with Crippen LogP contribution >= 0.6 is 0 Å². The summed E-state index contributed by atoms with van der Waals surface area (Å²) in [5.74, 6) is 1.28. The molecule has 8 heterocycles. The zero-order chi connectivity index (χ0) is 28.9. The van der Waals surface area contributed by atoms with E-state index in [2.05, 4.69) is 41.1 Å². The molecule has 3 saturated heterocycles. The van der Waals surface area contributed by atoms with E-state index >= 15 is 4.39 Å². The first kappa shape index (κ1) is 26.4. The van der Waals surface area contributed by atoms with Gasteiger partial charge < -0.3 is 25.8 Å². The topological polar surface area (TPSA) is 104 Å². The van der Waals surface area contributed by atoms with Crippen LogP contribution in [0.5, 0.6) is 0 Å². The van der Waals surface area contributed by atoms with Crippen LogP contribution in [0.1, 0.15) is 50.1 Å². The van der Waals surface area contributed by atoms with E-state index in [0.717, 1.165) is 68.7 Å². The van der Waals surface area contributed by atoms with E-state index in [1.165, 1.54) is 37.7 Å². The van der Waals surface area contributed by atoms with Gasteiger partial charge >= 0.3 is 0 Å². The van der Waals surface area contributed by atoms with Gasteiger partial charge in [0, 0.05) is 67.3 Å². The Morgan fingerprint density at radius 1 is 0.884 bits per heavy atom. The van der Waals surface area contributed by atoms with Crippen LogP contribution in [0.2, 0.25) is 0 Å². The Labute approximate surface area is 250 Å². The lowest BCUT2D eigenvalue weighted by Crippen LogP contribution is -2.44. The predicted octanol–water partition coefficient (Wildman–Crippen LogP) is 4.95. The predicted molar refractivity (Wildman–Crippen MR) is 167 cm³/mol. The molecule has 0 saturated carbocycles. The molecule has 0 radical (unpaired) electrons. The molecule has 3 N–H and O–H groups in total. The molecule has 0 atom stereocenters. The Kier molecular flexibility index (Phi) is 6.62. The zero-order valence-electron chi connectivity index (χ0n) is 24.3. The fourth-order valence-electron chi connectivity index (χ4n) is 7.48. The average Bonchev–Trinajstić information content (AvgIpc) is 3.72. The van der Waals surface area contributed by atoms with E-state index in [0.29, 0.717) is 35.1 Å². The fourth-order valence-corrected chi connectivity index (χ4v) is 7.48. The molecular formula is C32H37FN10. The van der Waals surface area contributed by atoms with Crippen molar-refractivity contribution in [2.24, 2.45) is 0 Å². The highest BCUT2D eigenvalue weighted by Gasteiger charge is 2.35.